The molecule has 0 saturated heterocycles. The number of halogens is 3. The first-order valence-electron chi connectivity index (χ1n) is 6.25. The Bertz CT molecular complexity index is 395. The molecule has 0 fully saturated rings. The van der Waals surface area contributed by atoms with Crippen LogP contribution in [0.3, 0.4) is 0 Å². The summed E-state index contributed by atoms with van der Waals surface area (Å²) in [6.45, 7) is 0.966. The molecule has 0 bridgehead atoms. The number of alkyl halides is 3. The number of hydrogen-bond donors (Lipinski definition) is 1. The van der Waals surface area contributed by atoms with Crippen molar-refractivity contribution in [3.8, 4) is 6.07 Å². The van der Waals surface area contributed by atoms with Crippen LogP contribution in [0.25, 0.3) is 0 Å². The van der Waals surface area contributed by atoms with Gasteiger partial charge in [0.25, 0.3) is 0 Å². The maximum atomic E-state index is 11.9. The van der Waals surface area contributed by atoms with Crippen molar-refractivity contribution >= 4 is 0 Å². The van der Waals surface area contributed by atoms with E-state index in [1.54, 1.807) is 0 Å². The van der Waals surface area contributed by atoms with Crippen LogP contribution in [0.4, 0.5) is 13.2 Å². The first-order chi connectivity index (χ1) is 9.03. The van der Waals surface area contributed by atoms with Gasteiger partial charge in [-0.1, -0.05) is 30.3 Å². The number of nitrogens with zero attached hydrogens (tertiary/aromatic N) is 1. The Balaban J connectivity index is 2.20. The predicted molar refractivity (Wildman–Crippen MR) is 67.6 cm³/mol. The van der Waals surface area contributed by atoms with Crippen molar-refractivity contribution in [1.82, 2.24) is 5.32 Å². The highest BCUT2D eigenvalue weighted by molar-refractivity contribution is 5.24. The molecule has 0 heterocycles. The van der Waals surface area contributed by atoms with Crippen molar-refractivity contribution in [2.75, 3.05) is 13.1 Å². The lowest BCUT2D eigenvalue weighted by Crippen LogP contribution is -2.22. The number of hydrogen-bond acceptors (Lipinski definition) is 2. The summed E-state index contributed by atoms with van der Waals surface area (Å²) < 4.78 is 35.7. The summed E-state index contributed by atoms with van der Waals surface area (Å²) in [4.78, 5) is 0. The molecule has 19 heavy (non-hydrogen) atoms. The molecule has 0 amide bonds. The van der Waals surface area contributed by atoms with Gasteiger partial charge in [0, 0.05) is 13.0 Å². The van der Waals surface area contributed by atoms with Crippen molar-refractivity contribution < 1.29 is 13.2 Å². The SMILES string of the molecule is N#CC(CNCCCCC(F)(F)F)c1ccccc1. The van der Waals surface area contributed by atoms with Crippen LogP contribution in [0.1, 0.15) is 30.7 Å². The summed E-state index contributed by atoms with van der Waals surface area (Å²) in [7, 11) is 0. The van der Waals surface area contributed by atoms with Crippen LogP contribution in [0.15, 0.2) is 30.3 Å². The Morgan fingerprint density at radius 3 is 2.42 bits per heavy atom. The normalized spacial score (nSPS) is 12.9. The standard InChI is InChI=1S/C14H17F3N2/c15-14(16,17)8-4-5-9-19-11-13(10-18)12-6-2-1-3-7-12/h1-3,6-7,13,19H,4-5,8-9,11H2. The third-order valence-electron chi connectivity index (χ3n) is 2.77. The monoisotopic (exact) mass is 270 g/mol. The van der Waals surface area contributed by atoms with Crippen molar-refractivity contribution in [3.05, 3.63) is 35.9 Å². The van der Waals surface area contributed by atoms with E-state index in [2.05, 4.69) is 11.4 Å². The molecular formula is C14H17F3N2. The zero-order chi connectivity index (χ0) is 14.1. The smallest absolute Gasteiger partial charge is 0.315 e. The zero-order valence-electron chi connectivity index (χ0n) is 10.6. The Labute approximate surface area is 111 Å². The average Bonchev–Trinajstić information content (AvgIpc) is 2.38. The number of nitriles is 1. The van der Waals surface area contributed by atoms with E-state index in [1.165, 1.54) is 0 Å². The predicted octanol–water partition coefficient (Wildman–Crippen LogP) is 3.62. The number of unbranched alkanes of at least 4 members (excludes halogenated alkanes) is 1. The minimum Gasteiger partial charge on any atom is -0.315 e. The molecule has 0 aliphatic carbocycles. The fraction of sp³-hybridized carbons (Fsp3) is 0.500. The number of benzene rings is 1. The van der Waals surface area contributed by atoms with Crippen molar-refractivity contribution in [2.45, 2.75) is 31.4 Å². The molecule has 104 valence electrons. The van der Waals surface area contributed by atoms with Gasteiger partial charge in [-0.25, -0.2) is 0 Å². The Morgan fingerprint density at radius 1 is 1.16 bits per heavy atom. The van der Waals surface area contributed by atoms with Gasteiger partial charge in [0.1, 0.15) is 0 Å². The molecule has 0 aliphatic rings. The molecule has 5 heteroatoms. The molecule has 0 aromatic heterocycles. The number of nitrogens with one attached hydrogen (secondary N) is 1. The van der Waals surface area contributed by atoms with Gasteiger partial charge in [-0.3, -0.25) is 0 Å². The summed E-state index contributed by atoms with van der Waals surface area (Å²) in [5, 5.41) is 12.1. The third-order valence-corrected chi connectivity index (χ3v) is 2.77. The quantitative estimate of drug-likeness (QED) is 0.768. The molecule has 0 radical (unpaired) electrons. The summed E-state index contributed by atoms with van der Waals surface area (Å²) >= 11 is 0. The van der Waals surface area contributed by atoms with E-state index in [0.717, 1.165) is 5.56 Å². The highest BCUT2D eigenvalue weighted by Crippen LogP contribution is 2.21. The van der Waals surface area contributed by atoms with Crippen LogP contribution in [-0.4, -0.2) is 19.3 Å². The molecular weight excluding hydrogens is 253 g/mol. The van der Waals surface area contributed by atoms with Crippen LogP contribution >= 0.6 is 0 Å². The van der Waals surface area contributed by atoms with Crippen molar-refractivity contribution in [3.63, 3.8) is 0 Å². The second-order valence-corrected chi connectivity index (χ2v) is 4.37. The largest absolute Gasteiger partial charge is 0.389 e. The van der Waals surface area contributed by atoms with Crippen molar-refractivity contribution in [1.29, 1.82) is 5.26 Å². The van der Waals surface area contributed by atoms with Gasteiger partial charge in [0.15, 0.2) is 0 Å². The van der Waals surface area contributed by atoms with E-state index in [4.69, 9.17) is 5.26 Å². The zero-order valence-corrected chi connectivity index (χ0v) is 10.6. The average molecular weight is 270 g/mol. The molecule has 0 aliphatic heterocycles. The molecule has 0 saturated carbocycles. The number of rotatable bonds is 7. The second-order valence-electron chi connectivity index (χ2n) is 4.37. The van der Waals surface area contributed by atoms with E-state index in [0.29, 0.717) is 19.5 Å². The summed E-state index contributed by atoms with van der Waals surface area (Å²) in [5.41, 5.74) is 0.924. The van der Waals surface area contributed by atoms with Gasteiger partial charge in [-0.2, -0.15) is 18.4 Å². The maximum Gasteiger partial charge on any atom is 0.389 e. The van der Waals surface area contributed by atoms with Crippen molar-refractivity contribution in [2.24, 2.45) is 0 Å². The molecule has 1 atom stereocenters. The molecule has 1 aromatic rings. The van der Waals surface area contributed by atoms with E-state index in [1.807, 2.05) is 30.3 Å². The van der Waals surface area contributed by atoms with E-state index in [9.17, 15) is 13.2 Å². The first-order valence-corrected chi connectivity index (χ1v) is 6.25. The Morgan fingerprint density at radius 2 is 1.84 bits per heavy atom. The summed E-state index contributed by atoms with van der Waals surface area (Å²) in [6, 6.07) is 11.5. The Hall–Kier alpha value is -1.54. The summed E-state index contributed by atoms with van der Waals surface area (Å²) in [5.74, 6) is -0.260. The molecule has 1 N–H and O–H groups in total. The maximum absolute atomic E-state index is 11.9. The van der Waals surface area contributed by atoms with Crippen LogP contribution in [-0.2, 0) is 0 Å². The minimum atomic E-state index is -4.07. The van der Waals surface area contributed by atoms with Gasteiger partial charge >= 0.3 is 6.18 Å². The lowest BCUT2D eigenvalue weighted by molar-refractivity contribution is -0.135. The van der Waals surface area contributed by atoms with Crippen LogP contribution in [0, 0.1) is 11.3 Å². The lowest BCUT2D eigenvalue weighted by atomic mass is 10.0. The topological polar surface area (TPSA) is 35.8 Å². The Kier molecular flexibility index (Phi) is 6.37. The fourth-order valence-electron chi connectivity index (χ4n) is 1.75. The first kappa shape index (κ1) is 15.5. The van der Waals surface area contributed by atoms with E-state index >= 15 is 0 Å². The van der Waals surface area contributed by atoms with Gasteiger partial charge in [0.2, 0.25) is 0 Å². The van der Waals surface area contributed by atoms with Crippen LogP contribution in [0.2, 0.25) is 0 Å². The van der Waals surface area contributed by atoms with Gasteiger partial charge in [-0.15, -0.1) is 0 Å². The molecule has 1 unspecified atom stereocenters. The lowest BCUT2D eigenvalue weighted by Gasteiger charge is -2.11. The highest BCUT2D eigenvalue weighted by Gasteiger charge is 2.25. The van der Waals surface area contributed by atoms with E-state index < -0.39 is 12.6 Å². The van der Waals surface area contributed by atoms with Gasteiger partial charge < -0.3 is 5.32 Å². The van der Waals surface area contributed by atoms with Crippen LogP contribution < -0.4 is 5.32 Å². The highest BCUT2D eigenvalue weighted by atomic mass is 19.4. The van der Waals surface area contributed by atoms with Gasteiger partial charge in [-0.05, 0) is 24.9 Å². The molecule has 2 nitrogen and oxygen atoms in total. The van der Waals surface area contributed by atoms with E-state index in [-0.39, 0.29) is 12.3 Å². The fourth-order valence-corrected chi connectivity index (χ4v) is 1.75. The second kappa shape index (κ2) is 7.80. The van der Waals surface area contributed by atoms with Gasteiger partial charge in [0.05, 0.1) is 12.0 Å². The molecule has 1 rings (SSSR count). The molecule has 0 spiro atoms. The molecule has 1 aromatic carbocycles. The summed E-state index contributed by atoms with van der Waals surface area (Å²) in [6.07, 6.45) is -4.22. The third kappa shape index (κ3) is 6.82. The van der Waals surface area contributed by atoms with Crippen LogP contribution in [0.5, 0.6) is 0 Å². The minimum absolute atomic E-state index is 0.124.